The molecule has 5 heteroatoms. The van der Waals surface area contributed by atoms with E-state index in [1.165, 1.54) is 0 Å². The van der Waals surface area contributed by atoms with Crippen LogP contribution in [0.25, 0.3) is 0 Å². The van der Waals surface area contributed by atoms with Gasteiger partial charge in [-0.15, -0.1) is 0 Å². The predicted octanol–water partition coefficient (Wildman–Crippen LogP) is 4.74. The minimum absolute atomic E-state index is 0.219. The Labute approximate surface area is 144 Å². The number of para-hydroxylation sites is 1. The van der Waals surface area contributed by atoms with Gasteiger partial charge < -0.3 is 4.74 Å². The Morgan fingerprint density at radius 1 is 0.875 bits per heavy atom. The lowest BCUT2D eigenvalue weighted by atomic mass is 9.93. The molecule has 2 aromatic rings. The highest BCUT2D eigenvalue weighted by atomic mass is 32.2. The van der Waals surface area contributed by atoms with Crippen LogP contribution < -0.4 is 9.46 Å². The van der Waals surface area contributed by atoms with E-state index in [9.17, 15) is 8.42 Å². The third kappa shape index (κ3) is 3.90. The lowest BCUT2D eigenvalue weighted by molar-refractivity contribution is 0.414. The molecule has 0 aliphatic carbocycles. The zero-order chi connectivity index (χ0) is 17.9. The summed E-state index contributed by atoms with van der Waals surface area (Å²) in [6.45, 7) is 8.24. The van der Waals surface area contributed by atoms with Crippen molar-refractivity contribution >= 4 is 15.7 Å². The molecule has 0 amide bonds. The summed E-state index contributed by atoms with van der Waals surface area (Å²) in [5, 5.41) is 0. The molecular weight excluding hydrogens is 322 g/mol. The molecule has 130 valence electrons. The Bertz CT molecular complexity index is 768. The fourth-order valence-electron chi connectivity index (χ4n) is 2.62. The Morgan fingerprint density at radius 2 is 1.38 bits per heavy atom. The molecule has 0 aliphatic rings. The molecule has 2 rings (SSSR count). The second kappa shape index (κ2) is 7.26. The zero-order valence-electron chi connectivity index (χ0n) is 14.8. The van der Waals surface area contributed by atoms with Gasteiger partial charge in [-0.05, 0) is 47.2 Å². The van der Waals surface area contributed by atoms with Crippen LogP contribution >= 0.6 is 0 Å². The highest BCUT2D eigenvalue weighted by Crippen LogP contribution is 2.34. The molecule has 0 atom stereocenters. The molecule has 24 heavy (non-hydrogen) atoms. The van der Waals surface area contributed by atoms with Gasteiger partial charge in [0, 0.05) is 0 Å². The summed E-state index contributed by atoms with van der Waals surface area (Å²) in [6.07, 6.45) is 0. The molecule has 0 saturated heterocycles. The number of hydrogen-bond acceptors (Lipinski definition) is 3. The van der Waals surface area contributed by atoms with Crippen LogP contribution in [-0.2, 0) is 10.0 Å². The third-order valence-corrected chi connectivity index (χ3v) is 5.34. The number of rotatable bonds is 6. The van der Waals surface area contributed by atoms with Crippen molar-refractivity contribution in [2.24, 2.45) is 0 Å². The van der Waals surface area contributed by atoms with Gasteiger partial charge in [0.05, 0.1) is 17.7 Å². The smallest absolute Gasteiger partial charge is 0.261 e. The van der Waals surface area contributed by atoms with Crippen molar-refractivity contribution in [3.05, 3.63) is 53.6 Å². The van der Waals surface area contributed by atoms with Gasteiger partial charge in [0.25, 0.3) is 10.0 Å². The largest absolute Gasteiger partial charge is 0.497 e. The van der Waals surface area contributed by atoms with E-state index < -0.39 is 10.0 Å². The first kappa shape index (κ1) is 18.3. The average molecular weight is 347 g/mol. The maximum Gasteiger partial charge on any atom is 0.261 e. The standard InChI is InChI=1S/C19H25NO3S/c1-13(2)17-7-6-8-18(14(3)4)19(17)20-24(21,22)16-11-9-15(23-5)10-12-16/h6-14,20H,1-5H3. The van der Waals surface area contributed by atoms with Crippen LogP contribution in [0, 0.1) is 0 Å². The van der Waals surface area contributed by atoms with Crippen LogP contribution in [0.15, 0.2) is 47.4 Å². The van der Waals surface area contributed by atoms with E-state index in [1.54, 1.807) is 31.4 Å². The first-order valence-corrected chi connectivity index (χ1v) is 9.54. The molecule has 0 heterocycles. The second-order valence-corrected chi connectivity index (χ2v) is 8.08. The van der Waals surface area contributed by atoms with Crippen molar-refractivity contribution in [3.8, 4) is 5.75 Å². The van der Waals surface area contributed by atoms with E-state index in [0.717, 1.165) is 11.1 Å². The third-order valence-electron chi connectivity index (χ3n) is 3.98. The van der Waals surface area contributed by atoms with Crippen LogP contribution in [0.2, 0.25) is 0 Å². The SMILES string of the molecule is COc1ccc(S(=O)(=O)Nc2c(C(C)C)cccc2C(C)C)cc1. The van der Waals surface area contributed by atoms with Crippen LogP contribution in [0.3, 0.4) is 0 Å². The first-order chi connectivity index (χ1) is 11.3. The Morgan fingerprint density at radius 3 is 1.79 bits per heavy atom. The first-order valence-electron chi connectivity index (χ1n) is 8.06. The molecule has 0 unspecified atom stereocenters. The maximum atomic E-state index is 12.8. The number of anilines is 1. The Hall–Kier alpha value is -2.01. The highest BCUT2D eigenvalue weighted by Gasteiger charge is 2.20. The highest BCUT2D eigenvalue weighted by molar-refractivity contribution is 7.92. The normalized spacial score (nSPS) is 11.8. The number of nitrogens with one attached hydrogen (secondary N) is 1. The molecule has 0 bridgehead atoms. The van der Waals surface area contributed by atoms with Crippen LogP contribution in [0.5, 0.6) is 5.75 Å². The number of methoxy groups -OCH3 is 1. The van der Waals surface area contributed by atoms with Crippen molar-refractivity contribution in [3.63, 3.8) is 0 Å². The van der Waals surface area contributed by atoms with Crippen LogP contribution in [0.4, 0.5) is 5.69 Å². The lowest BCUT2D eigenvalue weighted by Crippen LogP contribution is -2.16. The van der Waals surface area contributed by atoms with Gasteiger partial charge in [-0.3, -0.25) is 4.72 Å². The van der Waals surface area contributed by atoms with Gasteiger partial charge in [-0.1, -0.05) is 45.9 Å². The van der Waals surface area contributed by atoms with E-state index >= 15 is 0 Å². The predicted molar refractivity (Wildman–Crippen MR) is 98.4 cm³/mol. The molecule has 1 N–H and O–H groups in total. The Balaban J connectivity index is 2.48. The van der Waals surface area contributed by atoms with E-state index in [0.29, 0.717) is 11.4 Å². The second-order valence-electron chi connectivity index (χ2n) is 6.40. The van der Waals surface area contributed by atoms with Gasteiger partial charge in [-0.2, -0.15) is 0 Å². The monoisotopic (exact) mass is 347 g/mol. The number of ether oxygens (including phenoxy) is 1. The lowest BCUT2D eigenvalue weighted by Gasteiger charge is -2.21. The molecule has 0 aliphatic heterocycles. The van der Waals surface area contributed by atoms with Gasteiger partial charge in [-0.25, -0.2) is 8.42 Å². The summed E-state index contributed by atoms with van der Waals surface area (Å²) < 4.78 is 33.5. The molecule has 2 aromatic carbocycles. The summed E-state index contributed by atoms with van der Waals surface area (Å²) in [5.74, 6) is 1.06. The fourth-order valence-corrected chi connectivity index (χ4v) is 3.73. The van der Waals surface area contributed by atoms with E-state index in [-0.39, 0.29) is 16.7 Å². The van der Waals surface area contributed by atoms with E-state index in [2.05, 4.69) is 32.4 Å². The van der Waals surface area contributed by atoms with Crippen molar-refractivity contribution in [2.45, 2.75) is 44.4 Å². The molecule has 0 radical (unpaired) electrons. The number of benzene rings is 2. The van der Waals surface area contributed by atoms with Crippen LogP contribution in [0.1, 0.15) is 50.7 Å². The molecule has 4 nitrogen and oxygen atoms in total. The minimum atomic E-state index is -3.66. The fraction of sp³-hybridized carbons (Fsp3) is 0.368. The Kier molecular flexibility index (Phi) is 5.54. The van der Waals surface area contributed by atoms with Crippen LogP contribution in [-0.4, -0.2) is 15.5 Å². The summed E-state index contributed by atoms with van der Waals surface area (Å²) >= 11 is 0. The summed E-state index contributed by atoms with van der Waals surface area (Å²) in [7, 11) is -2.10. The summed E-state index contributed by atoms with van der Waals surface area (Å²) in [4.78, 5) is 0.219. The average Bonchev–Trinajstić information content (AvgIpc) is 2.54. The molecule has 0 saturated carbocycles. The molecule has 0 aromatic heterocycles. The van der Waals surface area contributed by atoms with Gasteiger partial charge in [0.2, 0.25) is 0 Å². The van der Waals surface area contributed by atoms with E-state index in [4.69, 9.17) is 4.74 Å². The summed E-state index contributed by atoms with van der Waals surface area (Å²) in [6, 6.07) is 12.3. The van der Waals surface area contributed by atoms with E-state index in [1.807, 2.05) is 18.2 Å². The summed E-state index contributed by atoms with van der Waals surface area (Å²) in [5.41, 5.74) is 2.69. The number of sulfonamides is 1. The molecular formula is C19H25NO3S. The topological polar surface area (TPSA) is 55.4 Å². The maximum absolute atomic E-state index is 12.8. The minimum Gasteiger partial charge on any atom is -0.497 e. The molecule has 0 spiro atoms. The molecule has 0 fully saturated rings. The van der Waals surface area contributed by atoms with Crippen molar-refractivity contribution in [1.82, 2.24) is 0 Å². The van der Waals surface area contributed by atoms with Crippen molar-refractivity contribution < 1.29 is 13.2 Å². The number of hydrogen-bond donors (Lipinski definition) is 1. The van der Waals surface area contributed by atoms with Gasteiger partial charge in [0.1, 0.15) is 5.75 Å². The van der Waals surface area contributed by atoms with Crippen molar-refractivity contribution in [2.75, 3.05) is 11.8 Å². The van der Waals surface area contributed by atoms with Gasteiger partial charge in [0.15, 0.2) is 0 Å². The van der Waals surface area contributed by atoms with Gasteiger partial charge >= 0.3 is 0 Å². The zero-order valence-corrected chi connectivity index (χ0v) is 15.6. The van der Waals surface area contributed by atoms with Crippen molar-refractivity contribution in [1.29, 1.82) is 0 Å². The quantitative estimate of drug-likeness (QED) is 0.821.